The van der Waals surface area contributed by atoms with Gasteiger partial charge in [-0.1, -0.05) is 30.3 Å². The normalized spacial score (nSPS) is 18.5. The summed E-state index contributed by atoms with van der Waals surface area (Å²) >= 11 is 0. The van der Waals surface area contributed by atoms with E-state index in [1.807, 2.05) is 30.3 Å². The summed E-state index contributed by atoms with van der Waals surface area (Å²) in [4.78, 5) is 30.5. The molecule has 0 radical (unpaired) electrons. The third kappa shape index (κ3) is 7.51. The largest absolute Gasteiger partial charge is 0.445 e. The van der Waals surface area contributed by atoms with Crippen molar-refractivity contribution in [2.75, 3.05) is 19.3 Å². The van der Waals surface area contributed by atoms with E-state index in [0.29, 0.717) is 16.5 Å². The average Bonchev–Trinajstić information content (AvgIpc) is 3.46. The second-order valence-electron chi connectivity index (χ2n) is 10.8. The summed E-state index contributed by atoms with van der Waals surface area (Å²) < 4.78 is 54.8. The third-order valence-corrected chi connectivity index (χ3v) is 7.09. The zero-order valence-corrected chi connectivity index (χ0v) is 23.7. The number of carbonyl (C=O) groups is 2. The molecule has 0 saturated carbocycles. The number of carbonyl (C=O) groups excluding carboxylic acids is 2. The quantitative estimate of drug-likeness (QED) is 0.374. The number of likely N-dealkylation sites (tertiary alicyclic amines) is 1. The Morgan fingerprint density at radius 1 is 1.18 bits per heavy atom. The first-order valence-electron chi connectivity index (χ1n) is 12.9. The fraction of sp³-hybridized carbons (Fsp3) is 0.429. The summed E-state index contributed by atoms with van der Waals surface area (Å²) in [5.74, 6) is -1.11. The lowest BCUT2D eigenvalue weighted by molar-refractivity contribution is 0.0141. The molecule has 1 fully saturated rings. The molecule has 0 aliphatic carbocycles. The summed E-state index contributed by atoms with van der Waals surface area (Å²) in [7, 11) is -3.89. The van der Waals surface area contributed by atoms with Crippen LogP contribution in [0.3, 0.4) is 0 Å². The highest BCUT2D eigenvalue weighted by Crippen LogP contribution is 2.37. The van der Waals surface area contributed by atoms with Crippen molar-refractivity contribution in [3.05, 3.63) is 71.7 Å². The fourth-order valence-corrected chi connectivity index (χ4v) is 5.60. The van der Waals surface area contributed by atoms with Gasteiger partial charge in [-0.3, -0.25) is 4.18 Å². The highest BCUT2D eigenvalue weighted by Gasteiger charge is 2.46. The molecule has 1 saturated heterocycles. The molecule has 2 amide bonds. The number of aromatic amines is 1. The van der Waals surface area contributed by atoms with Crippen molar-refractivity contribution in [3.63, 3.8) is 0 Å². The summed E-state index contributed by atoms with van der Waals surface area (Å²) in [5.41, 5.74) is 1.15. The number of hydrogen-bond acceptors (Lipinski definition) is 7. The molecular formula is C28H34FN3O7S. The van der Waals surface area contributed by atoms with Crippen LogP contribution in [0, 0.1) is 5.82 Å². The van der Waals surface area contributed by atoms with Crippen molar-refractivity contribution >= 4 is 33.2 Å². The van der Waals surface area contributed by atoms with Crippen LogP contribution in [-0.4, -0.2) is 67.6 Å². The van der Waals surface area contributed by atoms with Crippen molar-refractivity contribution < 1.29 is 36.1 Å². The predicted molar refractivity (Wildman–Crippen MR) is 147 cm³/mol. The van der Waals surface area contributed by atoms with E-state index >= 15 is 0 Å². The van der Waals surface area contributed by atoms with Crippen LogP contribution in [0.1, 0.15) is 44.2 Å². The fourth-order valence-electron chi connectivity index (χ4n) is 4.94. The maximum atomic E-state index is 14.0. The Bertz CT molecular complexity index is 1450. The molecule has 216 valence electrons. The summed E-state index contributed by atoms with van der Waals surface area (Å²) in [6, 6.07) is 12.6. The number of benzene rings is 2. The number of halogens is 1. The van der Waals surface area contributed by atoms with Gasteiger partial charge in [0.1, 0.15) is 18.0 Å². The van der Waals surface area contributed by atoms with Gasteiger partial charge in [-0.05, 0) is 56.5 Å². The number of H-pyrrole nitrogens is 1. The lowest BCUT2D eigenvalue weighted by Crippen LogP contribution is -2.49. The first-order chi connectivity index (χ1) is 18.8. The van der Waals surface area contributed by atoms with Crippen LogP contribution in [-0.2, 0) is 30.4 Å². The van der Waals surface area contributed by atoms with E-state index in [2.05, 4.69) is 10.3 Å². The molecule has 3 aromatic rings. The zero-order chi connectivity index (χ0) is 29.1. The molecule has 0 spiro atoms. The zero-order valence-electron chi connectivity index (χ0n) is 22.8. The van der Waals surface area contributed by atoms with E-state index in [1.54, 1.807) is 33.0 Å². The molecule has 10 nitrogen and oxygen atoms in total. The van der Waals surface area contributed by atoms with Gasteiger partial charge in [-0.15, -0.1) is 0 Å². The molecule has 2 heterocycles. The van der Waals surface area contributed by atoms with E-state index in [9.17, 15) is 22.4 Å². The number of amides is 2. The van der Waals surface area contributed by atoms with E-state index in [4.69, 9.17) is 13.7 Å². The molecule has 12 heteroatoms. The second-order valence-corrected chi connectivity index (χ2v) is 12.4. The van der Waals surface area contributed by atoms with Crippen LogP contribution < -0.4 is 5.32 Å². The van der Waals surface area contributed by atoms with Gasteiger partial charge < -0.3 is 24.7 Å². The van der Waals surface area contributed by atoms with Gasteiger partial charge in [-0.2, -0.15) is 8.42 Å². The van der Waals surface area contributed by atoms with Gasteiger partial charge in [0.15, 0.2) is 0 Å². The predicted octanol–water partition coefficient (Wildman–Crippen LogP) is 4.67. The molecule has 1 aliphatic rings. The van der Waals surface area contributed by atoms with E-state index in [1.165, 1.54) is 17.0 Å². The van der Waals surface area contributed by atoms with Crippen LogP contribution in [0.15, 0.2) is 54.7 Å². The number of aromatic nitrogens is 1. The molecule has 3 atom stereocenters. The molecule has 2 aromatic carbocycles. The summed E-state index contributed by atoms with van der Waals surface area (Å²) in [6.45, 7) is 5.39. The van der Waals surface area contributed by atoms with Crippen molar-refractivity contribution in [3.8, 4) is 0 Å². The van der Waals surface area contributed by atoms with Crippen molar-refractivity contribution in [1.82, 2.24) is 15.2 Å². The van der Waals surface area contributed by atoms with Crippen LogP contribution in [0.2, 0.25) is 0 Å². The van der Waals surface area contributed by atoms with E-state index < -0.39 is 51.8 Å². The molecule has 1 aliphatic heterocycles. The van der Waals surface area contributed by atoms with Gasteiger partial charge in [0.05, 0.1) is 18.4 Å². The number of alkyl carbamates (subject to hydrolysis) is 1. The van der Waals surface area contributed by atoms with Crippen LogP contribution in [0.25, 0.3) is 10.9 Å². The molecular weight excluding hydrogens is 541 g/mol. The Morgan fingerprint density at radius 3 is 2.58 bits per heavy atom. The Hall–Kier alpha value is -3.64. The third-order valence-electron chi connectivity index (χ3n) is 6.49. The number of ether oxygens (including phenoxy) is 2. The lowest BCUT2D eigenvalue weighted by Gasteiger charge is -2.35. The minimum atomic E-state index is -3.89. The summed E-state index contributed by atoms with van der Waals surface area (Å²) in [5, 5.41) is 3.41. The Morgan fingerprint density at radius 2 is 1.90 bits per heavy atom. The SMILES string of the molecule is CC(C)(C)OC(=O)N1CCC(OS(C)(=O)=O)C1C(CNC(=O)OCc1ccccc1)c1c[nH]c2cc(F)ccc12. The molecule has 0 bridgehead atoms. The Kier molecular flexibility index (Phi) is 8.69. The molecule has 3 unspecified atom stereocenters. The van der Waals surface area contributed by atoms with Crippen molar-refractivity contribution in [2.24, 2.45) is 0 Å². The molecule has 4 rings (SSSR count). The van der Waals surface area contributed by atoms with E-state index in [-0.39, 0.29) is 26.1 Å². The average molecular weight is 576 g/mol. The van der Waals surface area contributed by atoms with Gasteiger partial charge in [0.2, 0.25) is 0 Å². The number of nitrogens with zero attached hydrogens (tertiary/aromatic N) is 1. The highest BCUT2D eigenvalue weighted by atomic mass is 32.2. The van der Waals surface area contributed by atoms with Gasteiger partial charge in [-0.25, -0.2) is 14.0 Å². The monoisotopic (exact) mass is 575 g/mol. The maximum Gasteiger partial charge on any atom is 0.410 e. The van der Waals surface area contributed by atoms with Crippen molar-refractivity contribution in [2.45, 2.75) is 57.5 Å². The molecule has 1 aromatic heterocycles. The smallest absolute Gasteiger partial charge is 0.410 e. The highest BCUT2D eigenvalue weighted by molar-refractivity contribution is 7.86. The van der Waals surface area contributed by atoms with Crippen LogP contribution >= 0.6 is 0 Å². The Balaban J connectivity index is 1.68. The number of nitrogens with one attached hydrogen (secondary N) is 2. The minimum Gasteiger partial charge on any atom is -0.445 e. The van der Waals surface area contributed by atoms with Crippen LogP contribution in [0.5, 0.6) is 0 Å². The minimum absolute atomic E-state index is 0.0362. The van der Waals surface area contributed by atoms with Gasteiger partial charge in [0, 0.05) is 36.1 Å². The lowest BCUT2D eigenvalue weighted by atomic mass is 9.88. The standard InChI is InChI=1S/C28H34FN3O7S/c1-28(2,3)38-27(34)32-13-12-24(39-40(4,35)36)25(32)22(21-15-30-23-14-19(29)10-11-20(21)23)16-31-26(33)37-17-18-8-6-5-7-9-18/h5-11,14-15,22,24-25,30H,12-13,16-17H2,1-4H3,(H,31,33). The number of fused-ring (bicyclic) bond motifs is 1. The maximum absolute atomic E-state index is 14.0. The van der Waals surface area contributed by atoms with Gasteiger partial charge in [0.25, 0.3) is 10.1 Å². The topological polar surface area (TPSA) is 127 Å². The second kappa shape index (κ2) is 11.8. The Labute approximate surface area is 232 Å². The number of hydrogen-bond donors (Lipinski definition) is 2. The molecule has 40 heavy (non-hydrogen) atoms. The first-order valence-corrected chi connectivity index (χ1v) is 14.7. The first kappa shape index (κ1) is 29.3. The number of rotatable bonds is 8. The summed E-state index contributed by atoms with van der Waals surface area (Å²) in [6.07, 6.45) is 0.586. The van der Waals surface area contributed by atoms with Gasteiger partial charge >= 0.3 is 12.2 Å². The van der Waals surface area contributed by atoms with E-state index in [0.717, 1.165) is 11.8 Å². The molecule has 2 N–H and O–H groups in total. The van der Waals surface area contributed by atoms with Crippen molar-refractivity contribution in [1.29, 1.82) is 0 Å². The van der Waals surface area contributed by atoms with Crippen LogP contribution in [0.4, 0.5) is 14.0 Å².